The number of hydrogen-bond acceptors (Lipinski definition) is 2. The van der Waals surface area contributed by atoms with Gasteiger partial charge in [0.25, 0.3) is 0 Å². The minimum atomic E-state index is 1.12. The molecule has 0 fully saturated rings. The fraction of sp³-hybridized carbons (Fsp3) is 0. The van der Waals surface area contributed by atoms with Crippen molar-refractivity contribution in [1.82, 2.24) is 0 Å². The van der Waals surface area contributed by atoms with Crippen molar-refractivity contribution < 1.29 is 0 Å². The third-order valence-corrected chi connectivity index (χ3v) is 11.2. The Bertz CT molecular complexity index is 2810. The van der Waals surface area contributed by atoms with Gasteiger partial charge >= 0.3 is 0 Å². The smallest absolute Gasteiger partial charge is 0.0468 e. The Kier molecular flexibility index (Phi) is 6.75. The van der Waals surface area contributed by atoms with Crippen molar-refractivity contribution in [1.29, 1.82) is 0 Å². The van der Waals surface area contributed by atoms with E-state index in [9.17, 15) is 0 Å². The van der Waals surface area contributed by atoms with Crippen molar-refractivity contribution in [2.45, 2.75) is 0 Å². The van der Waals surface area contributed by atoms with Crippen molar-refractivity contribution in [3.05, 3.63) is 188 Å². The Morgan fingerprint density at radius 3 is 1.34 bits per heavy atom. The summed E-state index contributed by atoms with van der Waals surface area (Å²) in [6, 6.07) is 68.7. The quantitative estimate of drug-likeness (QED) is 0.167. The van der Waals surface area contributed by atoms with Gasteiger partial charge in [-0.05, 0) is 109 Å². The molecule has 2 heteroatoms. The molecule has 0 unspecified atom stereocenters. The van der Waals surface area contributed by atoms with Gasteiger partial charge in [-0.2, -0.15) is 0 Å². The average Bonchev–Trinajstić information content (AvgIpc) is 3.57. The third kappa shape index (κ3) is 4.76. The van der Waals surface area contributed by atoms with E-state index in [4.69, 9.17) is 0 Å². The normalized spacial score (nSPS) is 11.6. The summed E-state index contributed by atoms with van der Waals surface area (Å²) < 4.78 is 2.66. The predicted octanol–water partition coefficient (Wildman–Crippen LogP) is 14.3. The Morgan fingerprint density at radius 2 is 0.700 bits per heavy atom. The maximum absolute atomic E-state index is 2.39. The molecule has 0 saturated carbocycles. The number of rotatable bonds is 5. The van der Waals surface area contributed by atoms with Gasteiger partial charge < -0.3 is 4.90 Å². The van der Waals surface area contributed by atoms with E-state index < -0.39 is 0 Å². The maximum Gasteiger partial charge on any atom is 0.0468 e. The van der Waals surface area contributed by atoms with Gasteiger partial charge in [-0.25, -0.2) is 0 Å². The number of anilines is 3. The fourth-order valence-corrected chi connectivity index (χ4v) is 8.71. The van der Waals surface area contributed by atoms with Gasteiger partial charge in [0, 0.05) is 37.2 Å². The SMILES string of the molecule is c1ccc(-c2ccc(N(c3ccc(-c4ccc5sc6ccccc6c5c4)cc3)c3ccc4c5ccccc5c5ccccc5c4c3)cc2)cc1. The molecule has 10 rings (SSSR count). The molecule has 0 bridgehead atoms. The lowest BCUT2D eigenvalue weighted by atomic mass is 9.94. The zero-order chi connectivity index (χ0) is 33.0. The number of thiophene rings is 1. The van der Waals surface area contributed by atoms with Crippen LogP contribution >= 0.6 is 11.3 Å². The third-order valence-electron chi connectivity index (χ3n) is 10.1. The molecular weight excluding hydrogens is 623 g/mol. The molecule has 0 radical (unpaired) electrons. The first-order valence-corrected chi connectivity index (χ1v) is 17.9. The largest absolute Gasteiger partial charge is 0.310 e. The highest BCUT2D eigenvalue weighted by Crippen LogP contribution is 2.42. The molecule has 1 aromatic heterocycles. The van der Waals surface area contributed by atoms with E-state index >= 15 is 0 Å². The summed E-state index contributed by atoms with van der Waals surface area (Å²) in [6.45, 7) is 0. The topological polar surface area (TPSA) is 3.24 Å². The lowest BCUT2D eigenvalue weighted by Gasteiger charge is -2.26. The molecule has 0 saturated heterocycles. The van der Waals surface area contributed by atoms with E-state index in [0.29, 0.717) is 0 Å². The first-order chi connectivity index (χ1) is 24.8. The van der Waals surface area contributed by atoms with Crippen LogP contribution in [0.1, 0.15) is 0 Å². The van der Waals surface area contributed by atoms with Crippen LogP contribution in [0.2, 0.25) is 0 Å². The van der Waals surface area contributed by atoms with Crippen LogP contribution < -0.4 is 4.90 Å². The van der Waals surface area contributed by atoms with Gasteiger partial charge in [0.05, 0.1) is 0 Å². The average molecular weight is 654 g/mol. The molecular formula is C48H31NS. The van der Waals surface area contributed by atoms with Crippen molar-refractivity contribution >= 4 is 80.9 Å². The highest BCUT2D eigenvalue weighted by atomic mass is 32.1. The van der Waals surface area contributed by atoms with Crippen LogP contribution in [0.3, 0.4) is 0 Å². The molecule has 0 aliphatic rings. The molecule has 0 aliphatic carbocycles. The van der Waals surface area contributed by atoms with Gasteiger partial charge in [0.15, 0.2) is 0 Å². The standard InChI is InChI=1S/C48H31NS/c1-2-10-32(11-3-1)33-18-23-36(24-19-33)49(38-27-28-43-41-14-5-4-12-39(41)40-13-6-7-15-42(40)45(43)31-38)37-25-20-34(21-26-37)35-22-29-48-46(30-35)44-16-8-9-17-47(44)50-48/h1-31H. The van der Waals surface area contributed by atoms with E-state index in [1.165, 1.54) is 74.7 Å². The fourth-order valence-electron chi connectivity index (χ4n) is 7.62. The van der Waals surface area contributed by atoms with Crippen LogP contribution in [0, 0.1) is 0 Å². The van der Waals surface area contributed by atoms with Crippen LogP contribution in [0.25, 0.3) is 74.7 Å². The molecule has 0 atom stereocenters. The summed E-state index contributed by atoms with van der Waals surface area (Å²) in [6.07, 6.45) is 0. The monoisotopic (exact) mass is 653 g/mol. The first-order valence-electron chi connectivity index (χ1n) is 17.1. The highest BCUT2D eigenvalue weighted by Gasteiger charge is 2.16. The summed E-state index contributed by atoms with van der Waals surface area (Å²) in [7, 11) is 0. The summed E-state index contributed by atoms with van der Waals surface area (Å²) in [5.74, 6) is 0. The summed E-state index contributed by atoms with van der Waals surface area (Å²) in [5.41, 5.74) is 8.23. The van der Waals surface area contributed by atoms with Crippen LogP contribution in [-0.2, 0) is 0 Å². The molecule has 0 amide bonds. The van der Waals surface area contributed by atoms with Gasteiger partial charge in [0.1, 0.15) is 0 Å². The van der Waals surface area contributed by atoms with Crippen molar-refractivity contribution in [2.24, 2.45) is 0 Å². The van der Waals surface area contributed by atoms with E-state index in [-0.39, 0.29) is 0 Å². The van der Waals surface area contributed by atoms with Gasteiger partial charge in [-0.15, -0.1) is 11.3 Å². The van der Waals surface area contributed by atoms with Crippen molar-refractivity contribution in [3.8, 4) is 22.3 Å². The van der Waals surface area contributed by atoms with Crippen LogP contribution in [0.5, 0.6) is 0 Å². The number of hydrogen-bond donors (Lipinski definition) is 0. The Hall–Kier alpha value is -6.22. The Balaban J connectivity index is 1.12. The van der Waals surface area contributed by atoms with Crippen molar-refractivity contribution in [3.63, 3.8) is 0 Å². The maximum atomic E-state index is 2.39. The number of fused-ring (bicyclic) bond motifs is 9. The predicted molar refractivity (Wildman–Crippen MR) is 217 cm³/mol. The first kappa shape index (κ1) is 28.8. The number of nitrogens with zero attached hydrogens (tertiary/aromatic N) is 1. The molecule has 1 heterocycles. The van der Waals surface area contributed by atoms with Gasteiger partial charge in [-0.3, -0.25) is 0 Å². The summed E-state index contributed by atoms with van der Waals surface area (Å²) >= 11 is 1.86. The van der Waals surface area contributed by atoms with Crippen LogP contribution in [0.15, 0.2) is 188 Å². The van der Waals surface area contributed by atoms with Crippen LogP contribution in [-0.4, -0.2) is 0 Å². The molecule has 0 spiro atoms. The molecule has 9 aromatic carbocycles. The second kappa shape index (κ2) is 11.7. The molecule has 50 heavy (non-hydrogen) atoms. The second-order valence-electron chi connectivity index (χ2n) is 12.9. The van der Waals surface area contributed by atoms with E-state index in [2.05, 4.69) is 193 Å². The van der Waals surface area contributed by atoms with E-state index in [1.54, 1.807) is 0 Å². The Labute approximate surface area is 294 Å². The minimum absolute atomic E-state index is 1.12. The summed E-state index contributed by atoms with van der Waals surface area (Å²) in [4.78, 5) is 2.39. The van der Waals surface area contributed by atoms with Gasteiger partial charge in [-0.1, -0.05) is 133 Å². The zero-order valence-corrected chi connectivity index (χ0v) is 28.1. The zero-order valence-electron chi connectivity index (χ0n) is 27.3. The Morgan fingerprint density at radius 1 is 0.260 bits per heavy atom. The summed E-state index contributed by atoms with van der Waals surface area (Å²) in [5, 5.41) is 10.3. The van der Waals surface area contributed by atoms with E-state index in [1.807, 2.05) is 11.3 Å². The molecule has 0 aliphatic heterocycles. The van der Waals surface area contributed by atoms with Crippen LogP contribution in [0.4, 0.5) is 17.1 Å². The van der Waals surface area contributed by atoms with Gasteiger partial charge in [0.2, 0.25) is 0 Å². The molecule has 1 nitrogen and oxygen atoms in total. The van der Waals surface area contributed by atoms with E-state index in [0.717, 1.165) is 17.1 Å². The molecule has 0 N–H and O–H groups in total. The molecule has 234 valence electrons. The number of benzene rings is 9. The second-order valence-corrected chi connectivity index (χ2v) is 14.0. The minimum Gasteiger partial charge on any atom is -0.310 e. The molecule has 10 aromatic rings. The lowest BCUT2D eigenvalue weighted by molar-refractivity contribution is 1.29. The van der Waals surface area contributed by atoms with Crippen molar-refractivity contribution in [2.75, 3.05) is 4.90 Å². The lowest BCUT2D eigenvalue weighted by Crippen LogP contribution is -2.10. The highest BCUT2D eigenvalue weighted by molar-refractivity contribution is 7.25.